The molecule has 23 heavy (non-hydrogen) atoms. The molecule has 0 aromatic heterocycles. The molecule has 2 rings (SSSR count). The van der Waals surface area contributed by atoms with Gasteiger partial charge in [-0.2, -0.15) is 0 Å². The van der Waals surface area contributed by atoms with E-state index < -0.39 is 0 Å². The van der Waals surface area contributed by atoms with Crippen molar-refractivity contribution in [3.05, 3.63) is 64.7 Å². The van der Waals surface area contributed by atoms with Gasteiger partial charge in [-0.05, 0) is 36.2 Å². The van der Waals surface area contributed by atoms with Gasteiger partial charge in [-0.1, -0.05) is 41.9 Å². The molecule has 0 unspecified atom stereocenters. The van der Waals surface area contributed by atoms with Crippen LogP contribution >= 0.6 is 23.4 Å². The Morgan fingerprint density at radius 1 is 1.17 bits per heavy atom. The molecule has 1 amide bonds. The van der Waals surface area contributed by atoms with Gasteiger partial charge in [0.25, 0.3) is 0 Å². The minimum atomic E-state index is 0.0286. The Kier molecular flexibility index (Phi) is 7.30. The molecule has 0 aliphatic rings. The van der Waals surface area contributed by atoms with Crippen LogP contribution in [0.4, 0.5) is 0 Å². The Labute approximate surface area is 146 Å². The van der Waals surface area contributed by atoms with Gasteiger partial charge in [0, 0.05) is 17.3 Å². The number of hydrogen-bond acceptors (Lipinski definition) is 3. The Balaban J connectivity index is 1.58. The van der Waals surface area contributed by atoms with Crippen molar-refractivity contribution in [2.24, 2.45) is 0 Å². The number of thioether (sulfide) groups is 1. The molecule has 0 bridgehead atoms. The van der Waals surface area contributed by atoms with E-state index in [1.807, 2.05) is 55.5 Å². The highest BCUT2D eigenvalue weighted by molar-refractivity contribution is 7.99. The molecule has 0 spiro atoms. The molecule has 3 nitrogen and oxygen atoms in total. The highest BCUT2D eigenvalue weighted by Crippen LogP contribution is 2.16. The molecule has 0 fully saturated rings. The van der Waals surface area contributed by atoms with E-state index in [1.165, 1.54) is 0 Å². The number of halogens is 1. The van der Waals surface area contributed by atoms with Crippen molar-refractivity contribution in [3.8, 4) is 5.75 Å². The number of amides is 1. The Bertz CT molecular complexity index is 631. The van der Waals surface area contributed by atoms with E-state index in [9.17, 15) is 4.79 Å². The van der Waals surface area contributed by atoms with Crippen LogP contribution in [0.3, 0.4) is 0 Å². The number of aryl methyl sites for hydroxylation is 1. The van der Waals surface area contributed by atoms with Crippen LogP contribution in [0.15, 0.2) is 48.5 Å². The molecular formula is C18H20ClNO2S. The highest BCUT2D eigenvalue weighted by atomic mass is 35.5. The zero-order valence-electron chi connectivity index (χ0n) is 13.0. The largest absolute Gasteiger partial charge is 0.492 e. The molecule has 0 aliphatic heterocycles. The number of ether oxygens (including phenoxy) is 1. The van der Waals surface area contributed by atoms with Crippen LogP contribution in [-0.2, 0) is 11.3 Å². The van der Waals surface area contributed by atoms with Crippen molar-refractivity contribution < 1.29 is 9.53 Å². The van der Waals surface area contributed by atoms with Crippen LogP contribution in [0.5, 0.6) is 5.75 Å². The number of benzene rings is 2. The van der Waals surface area contributed by atoms with Crippen molar-refractivity contribution in [1.82, 2.24) is 5.32 Å². The molecule has 122 valence electrons. The SMILES string of the molecule is Cc1ccccc1OCCSCC(=O)NCc1ccc(Cl)cc1. The van der Waals surface area contributed by atoms with Gasteiger partial charge in [-0.15, -0.1) is 11.8 Å². The minimum absolute atomic E-state index is 0.0286. The van der Waals surface area contributed by atoms with Crippen molar-refractivity contribution in [2.45, 2.75) is 13.5 Å². The number of rotatable bonds is 8. The predicted molar refractivity (Wildman–Crippen MR) is 97.3 cm³/mol. The molecule has 2 aromatic carbocycles. The van der Waals surface area contributed by atoms with Crippen LogP contribution < -0.4 is 10.1 Å². The second kappa shape index (κ2) is 9.48. The topological polar surface area (TPSA) is 38.3 Å². The standard InChI is InChI=1S/C18H20ClNO2S/c1-14-4-2-3-5-17(14)22-10-11-23-13-18(21)20-12-15-6-8-16(19)9-7-15/h2-9H,10-13H2,1H3,(H,20,21). The van der Waals surface area contributed by atoms with E-state index in [0.717, 1.165) is 22.6 Å². The Hall–Kier alpha value is -1.65. The first-order valence-corrected chi connectivity index (χ1v) is 8.96. The lowest BCUT2D eigenvalue weighted by molar-refractivity contribution is -0.118. The van der Waals surface area contributed by atoms with Crippen LogP contribution in [0.1, 0.15) is 11.1 Å². The molecule has 0 saturated carbocycles. The zero-order valence-corrected chi connectivity index (χ0v) is 14.6. The third kappa shape index (κ3) is 6.55. The summed E-state index contributed by atoms with van der Waals surface area (Å²) in [5.41, 5.74) is 2.16. The zero-order chi connectivity index (χ0) is 16.5. The lowest BCUT2D eigenvalue weighted by atomic mass is 10.2. The number of carbonyl (C=O) groups is 1. The first-order valence-electron chi connectivity index (χ1n) is 7.42. The van der Waals surface area contributed by atoms with Gasteiger partial charge in [-0.3, -0.25) is 4.79 Å². The third-order valence-electron chi connectivity index (χ3n) is 3.21. The van der Waals surface area contributed by atoms with Gasteiger partial charge in [-0.25, -0.2) is 0 Å². The van der Waals surface area contributed by atoms with Crippen molar-refractivity contribution in [2.75, 3.05) is 18.1 Å². The molecule has 0 saturated heterocycles. The van der Waals surface area contributed by atoms with Gasteiger partial charge in [0.15, 0.2) is 0 Å². The van der Waals surface area contributed by atoms with E-state index in [0.29, 0.717) is 23.9 Å². The normalized spacial score (nSPS) is 10.3. The molecule has 0 radical (unpaired) electrons. The molecule has 0 aliphatic carbocycles. The first-order chi connectivity index (χ1) is 11.1. The Morgan fingerprint density at radius 3 is 2.65 bits per heavy atom. The van der Waals surface area contributed by atoms with E-state index in [-0.39, 0.29) is 5.91 Å². The van der Waals surface area contributed by atoms with Crippen molar-refractivity contribution in [1.29, 1.82) is 0 Å². The summed E-state index contributed by atoms with van der Waals surface area (Å²) < 4.78 is 5.69. The van der Waals surface area contributed by atoms with E-state index in [4.69, 9.17) is 16.3 Å². The smallest absolute Gasteiger partial charge is 0.230 e. The second-order valence-electron chi connectivity index (χ2n) is 5.07. The number of carbonyl (C=O) groups excluding carboxylic acids is 1. The van der Waals surface area contributed by atoms with Crippen LogP contribution in [-0.4, -0.2) is 24.0 Å². The summed E-state index contributed by atoms with van der Waals surface area (Å²) in [5.74, 6) is 2.15. The number of hydrogen-bond donors (Lipinski definition) is 1. The molecule has 0 atom stereocenters. The molecule has 0 heterocycles. The average Bonchev–Trinajstić information content (AvgIpc) is 2.55. The minimum Gasteiger partial charge on any atom is -0.492 e. The fourth-order valence-electron chi connectivity index (χ4n) is 1.95. The van der Waals surface area contributed by atoms with Crippen LogP contribution in [0.25, 0.3) is 0 Å². The summed E-state index contributed by atoms with van der Waals surface area (Å²) in [7, 11) is 0. The number of nitrogens with one attached hydrogen (secondary N) is 1. The summed E-state index contributed by atoms with van der Waals surface area (Å²) in [4.78, 5) is 11.8. The fourth-order valence-corrected chi connectivity index (χ4v) is 2.71. The third-order valence-corrected chi connectivity index (χ3v) is 4.39. The lowest BCUT2D eigenvalue weighted by Crippen LogP contribution is -2.24. The maximum atomic E-state index is 11.8. The number of para-hydroxylation sites is 1. The van der Waals surface area contributed by atoms with Gasteiger partial charge in [0.05, 0.1) is 12.4 Å². The molecule has 1 N–H and O–H groups in total. The van der Waals surface area contributed by atoms with E-state index >= 15 is 0 Å². The van der Waals surface area contributed by atoms with Crippen molar-refractivity contribution >= 4 is 29.3 Å². The summed E-state index contributed by atoms with van der Waals surface area (Å²) in [6.07, 6.45) is 0. The van der Waals surface area contributed by atoms with E-state index in [1.54, 1.807) is 11.8 Å². The summed E-state index contributed by atoms with van der Waals surface area (Å²) in [5, 5.41) is 3.59. The van der Waals surface area contributed by atoms with Gasteiger partial charge >= 0.3 is 0 Å². The summed E-state index contributed by atoms with van der Waals surface area (Å²) in [6, 6.07) is 15.4. The summed E-state index contributed by atoms with van der Waals surface area (Å²) in [6.45, 7) is 3.14. The second-order valence-corrected chi connectivity index (χ2v) is 6.61. The average molecular weight is 350 g/mol. The van der Waals surface area contributed by atoms with E-state index in [2.05, 4.69) is 5.32 Å². The van der Waals surface area contributed by atoms with Crippen LogP contribution in [0, 0.1) is 6.92 Å². The predicted octanol–water partition coefficient (Wildman–Crippen LogP) is 4.08. The van der Waals surface area contributed by atoms with Gasteiger partial charge in [0.1, 0.15) is 5.75 Å². The summed E-state index contributed by atoms with van der Waals surface area (Å²) >= 11 is 7.39. The van der Waals surface area contributed by atoms with Crippen LogP contribution in [0.2, 0.25) is 5.02 Å². The molecule has 2 aromatic rings. The monoisotopic (exact) mass is 349 g/mol. The molecule has 5 heteroatoms. The van der Waals surface area contributed by atoms with Gasteiger partial charge < -0.3 is 10.1 Å². The maximum Gasteiger partial charge on any atom is 0.230 e. The van der Waals surface area contributed by atoms with Crippen molar-refractivity contribution in [3.63, 3.8) is 0 Å². The quantitative estimate of drug-likeness (QED) is 0.730. The lowest BCUT2D eigenvalue weighted by Gasteiger charge is -2.09. The maximum absolute atomic E-state index is 11.8. The van der Waals surface area contributed by atoms with Gasteiger partial charge in [0.2, 0.25) is 5.91 Å². The Morgan fingerprint density at radius 2 is 1.91 bits per heavy atom. The highest BCUT2D eigenvalue weighted by Gasteiger charge is 2.03. The first kappa shape index (κ1) is 17.7. The molecular weight excluding hydrogens is 330 g/mol. The fraction of sp³-hybridized carbons (Fsp3) is 0.278.